The summed E-state index contributed by atoms with van der Waals surface area (Å²) in [5, 5.41) is 9.45. The van der Waals surface area contributed by atoms with Gasteiger partial charge >= 0.3 is 0 Å². The summed E-state index contributed by atoms with van der Waals surface area (Å²) in [7, 11) is -3.07. The van der Waals surface area contributed by atoms with Crippen molar-refractivity contribution in [3.8, 4) is 0 Å². The minimum absolute atomic E-state index is 0.252. The van der Waals surface area contributed by atoms with Crippen LogP contribution in [-0.2, 0) is 10.0 Å². The third kappa shape index (κ3) is 1.72. The Morgan fingerprint density at radius 3 is 2.27 bits per heavy atom. The first-order valence-electron chi connectivity index (χ1n) is 3.55. The van der Waals surface area contributed by atoms with Gasteiger partial charge in [-0.1, -0.05) is 6.92 Å². The molecule has 1 rings (SSSR count). The third-order valence-electron chi connectivity index (χ3n) is 2.07. The van der Waals surface area contributed by atoms with E-state index >= 15 is 0 Å². The van der Waals surface area contributed by atoms with Crippen LogP contribution < -0.4 is 0 Å². The number of nitrogens with zero attached hydrogens (tertiary/aromatic N) is 1. The van der Waals surface area contributed by atoms with Crippen molar-refractivity contribution in [1.82, 2.24) is 4.31 Å². The normalized spacial score (nSPS) is 24.6. The van der Waals surface area contributed by atoms with Gasteiger partial charge in [-0.05, 0) is 6.42 Å². The average Bonchev–Trinajstić information content (AvgIpc) is 1.78. The summed E-state index contributed by atoms with van der Waals surface area (Å²) in [6.45, 7) is 2.35. The predicted molar refractivity (Wildman–Crippen MR) is 41.7 cm³/mol. The van der Waals surface area contributed by atoms with E-state index in [9.17, 15) is 13.5 Å². The van der Waals surface area contributed by atoms with Gasteiger partial charge in [0.05, 0.1) is 11.9 Å². The monoisotopic (exact) mass is 179 g/mol. The van der Waals surface area contributed by atoms with Gasteiger partial charge in [-0.3, -0.25) is 0 Å². The maximum atomic E-state index is 10.8. The van der Waals surface area contributed by atoms with E-state index in [0.29, 0.717) is 6.42 Å². The maximum absolute atomic E-state index is 10.8. The van der Waals surface area contributed by atoms with Crippen molar-refractivity contribution in [1.29, 1.82) is 0 Å². The van der Waals surface area contributed by atoms with Crippen molar-refractivity contribution in [3.63, 3.8) is 0 Å². The summed E-state index contributed by atoms with van der Waals surface area (Å²) < 4.78 is 22.9. The van der Waals surface area contributed by atoms with E-state index in [0.717, 1.165) is 6.26 Å². The Morgan fingerprint density at radius 2 is 2.00 bits per heavy atom. The number of hydrogen-bond donors (Lipinski definition) is 1. The Kier molecular flexibility index (Phi) is 1.98. The van der Waals surface area contributed by atoms with Crippen molar-refractivity contribution in [2.45, 2.75) is 18.9 Å². The van der Waals surface area contributed by atoms with E-state index in [4.69, 9.17) is 0 Å². The molecule has 11 heavy (non-hydrogen) atoms. The minimum atomic E-state index is -3.07. The molecule has 0 unspecified atom stereocenters. The van der Waals surface area contributed by atoms with Gasteiger partial charge in [0, 0.05) is 13.1 Å². The van der Waals surface area contributed by atoms with Crippen LogP contribution in [0.3, 0.4) is 0 Å². The summed E-state index contributed by atoms with van der Waals surface area (Å²) >= 11 is 0. The Labute approximate surface area is 66.9 Å². The highest BCUT2D eigenvalue weighted by Gasteiger charge is 2.43. The van der Waals surface area contributed by atoms with E-state index in [-0.39, 0.29) is 13.1 Å². The summed E-state index contributed by atoms with van der Waals surface area (Å²) in [6, 6.07) is 0. The van der Waals surface area contributed by atoms with E-state index < -0.39 is 15.6 Å². The second kappa shape index (κ2) is 2.43. The average molecular weight is 179 g/mol. The van der Waals surface area contributed by atoms with Crippen LogP contribution in [0.4, 0.5) is 0 Å². The van der Waals surface area contributed by atoms with Crippen LogP contribution in [-0.4, -0.2) is 42.8 Å². The van der Waals surface area contributed by atoms with Crippen LogP contribution in [0.2, 0.25) is 0 Å². The summed E-state index contributed by atoms with van der Waals surface area (Å²) in [5.74, 6) is 0. The van der Waals surface area contributed by atoms with Crippen LogP contribution in [0, 0.1) is 0 Å². The maximum Gasteiger partial charge on any atom is 0.211 e. The first kappa shape index (κ1) is 8.96. The van der Waals surface area contributed by atoms with Crippen molar-refractivity contribution < 1.29 is 13.5 Å². The fourth-order valence-electron chi connectivity index (χ4n) is 1.07. The molecule has 0 amide bonds. The zero-order valence-corrected chi connectivity index (χ0v) is 7.56. The van der Waals surface area contributed by atoms with Crippen LogP contribution in [0.15, 0.2) is 0 Å². The molecule has 0 aromatic carbocycles. The largest absolute Gasteiger partial charge is 0.387 e. The van der Waals surface area contributed by atoms with E-state index in [1.54, 1.807) is 0 Å². The predicted octanol–water partition coefficient (Wildman–Crippen LogP) is -0.597. The van der Waals surface area contributed by atoms with Crippen LogP contribution in [0.1, 0.15) is 13.3 Å². The van der Waals surface area contributed by atoms with E-state index in [2.05, 4.69) is 0 Å². The van der Waals surface area contributed by atoms with Crippen molar-refractivity contribution in [2.75, 3.05) is 19.3 Å². The molecular formula is C6H13NO3S. The molecule has 0 aromatic heterocycles. The van der Waals surface area contributed by atoms with Crippen molar-refractivity contribution >= 4 is 10.0 Å². The minimum Gasteiger partial charge on any atom is -0.387 e. The fraction of sp³-hybridized carbons (Fsp3) is 1.00. The lowest BCUT2D eigenvalue weighted by Crippen LogP contribution is -2.62. The number of aliphatic hydroxyl groups is 1. The SMILES string of the molecule is CCC1(O)CN(S(C)(=O)=O)C1. The Hall–Kier alpha value is -0.130. The molecule has 1 heterocycles. The van der Waals surface area contributed by atoms with Crippen molar-refractivity contribution in [2.24, 2.45) is 0 Å². The Morgan fingerprint density at radius 1 is 1.55 bits per heavy atom. The molecule has 0 aromatic rings. The van der Waals surface area contributed by atoms with Gasteiger partial charge in [-0.15, -0.1) is 0 Å². The van der Waals surface area contributed by atoms with Gasteiger partial charge in [0.25, 0.3) is 0 Å². The lowest BCUT2D eigenvalue weighted by Gasteiger charge is -2.44. The fourth-order valence-corrected chi connectivity index (χ4v) is 2.02. The first-order chi connectivity index (χ1) is 4.87. The zero-order chi connectivity index (χ0) is 8.70. The molecule has 1 fully saturated rings. The molecule has 4 nitrogen and oxygen atoms in total. The number of β-amino-alcohol motifs (C(OH)–C–C–N with tert-alkyl or cyclic N) is 1. The van der Waals surface area contributed by atoms with Crippen LogP contribution in [0.5, 0.6) is 0 Å². The molecule has 5 heteroatoms. The summed E-state index contributed by atoms with van der Waals surface area (Å²) in [5.41, 5.74) is -0.761. The highest BCUT2D eigenvalue weighted by atomic mass is 32.2. The van der Waals surface area contributed by atoms with Gasteiger partial charge < -0.3 is 5.11 Å². The van der Waals surface area contributed by atoms with Gasteiger partial charge in [0.15, 0.2) is 0 Å². The highest BCUT2D eigenvalue weighted by molar-refractivity contribution is 7.88. The van der Waals surface area contributed by atoms with Gasteiger partial charge in [-0.2, -0.15) is 4.31 Å². The third-order valence-corrected chi connectivity index (χ3v) is 3.26. The standard InChI is InChI=1S/C6H13NO3S/c1-3-6(8)4-7(5-6)11(2,9)10/h8H,3-5H2,1-2H3. The first-order valence-corrected chi connectivity index (χ1v) is 5.40. The highest BCUT2D eigenvalue weighted by Crippen LogP contribution is 2.25. The molecule has 1 N–H and O–H groups in total. The molecule has 0 atom stereocenters. The number of hydrogen-bond acceptors (Lipinski definition) is 3. The molecule has 0 aliphatic carbocycles. The lowest BCUT2D eigenvalue weighted by atomic mass is 9.94. The topological polar surface area (TPSA) is 57.6 Å². The molecular weight excluding hydrogens is 166 g/mol. The van der Waals surface area contributed by atoms with Gasteiger partial charge in [0.2, 0.25) is 10.0 Å². The number of rotatable bonds is 2. The number of sulfonamides is 1. The van der Waals surface area contributed by atoms with Crippen molar-refractivity contribution in [3.05, 3.63) is 0 Å². The zero-order valence-electron chi connectivity index (χ0n) is 6.74. The van der Waals surface area contributed by atoms with Crippen LogP contribution >= 0.6 is 0 Å². The molecule has 0 radical (unpaired) electrons. The van der Waals surface area contributed by atoms with E-state index in [1.165, 1.54) is 4.31 Å². The van der Waals surface area contributed by atoms with Crippen LogP contribution in [0.25, 0.3) is 0 Å². The molecule has 1 aliphatic heterocycles. The van der Waals surface area contributed by atoms with Gasteiger partial charge in [-0.25, -0.2) is 8.42 Å². The Balaban J connectivity index is 2.54. The molecule has 0 spiro atoms. The second-order valence-corrected chi connectivity index (χ2v) is 5.09. The summed E-state index contributed by atoms with van der Waals surface area (Å²) in [4.78, 5) is 0. The summed E-state index contributed by atoms with van der Waals surface area (Å²) in [6.07, 6.45) is 1.77. The molecule has 1 saturated heterocycles. The molecule has 66 valence electrons. The molecule has 0 bridgehead atoms. The van der Waals surface area contributed by atoms with E-state index in [1.807, 2.05) is 6.92 Å². The Bertz CT molecular complexity index is 241. The molecule has 0 saturated carbocycles. The molecule has 1 aliphatic rings. The smallest absolute Gasteiger partial charge is 0.211 e. The van der Waals surface area contributed by atoms with Gasteiger partial charge in [0.1, 0.15) is 0 Å². The quantitative estimate of drug-likeness (QED) is 0.616. The lowest BCUT2D eigenvalue weighted by molar-refractivity contribution is -0.0610. The second-order valence-electron chi connectivity index (χ2n) is 3.11.